The van der Waals surface area contributed by atoms with Crippen LogP contribution in [0.3, 0.4) is 0 Å². The minimum Gasteiger partial charge on any atom is -0.340 e. The molecule has 76 valence electrons. The highest BCUT2D eigenvalue weighted by molar-refractivity contribution is 5.81. The monoisotopic (exact) mass is 195 g/mol. The van der Waals surface area contributed by atoms with Crippen molar-refractivity contribution in [2.45, 2.75) is 26.3 Å². The van der Waals surface area contributed by atoms with E-state index in [0.717, 1.165) is 13.0 Å². The first kappa shape index (κ1) is 9.33. The molecule has 0 aromatic carbocycles. The van der Waals surface area contributed by atoms with Crippen molar-refractivity contribution in [3.63, 3.8) is 0 Å². The predicted molar refractivity (Wildman–Crippen MR) is 48.6 cm³/mol. The van der Waals surface area contributed by atoms with Crippen LogP contribution in [0.15, 0.2) is 4.52 Å². The van der Waals surface area contributed by atoms with Gasteiger partial charge in [-0.3, -0.25) is 9.69 Å². The largest absolute Gasteiger partial charge is 0.340 e. The van der Waals surface area contributed by atoms with Gasteiger partial charge in [0.15, 0.2) is 5.82 Å². The van der Waals surface area contributed by atoms with Gasteiger partial charge in [0.1, 0.15) is 5.78 Å². The zero-order chi connectivity index (χ0) is 9.97. The van der Waals surface area contributed by atoms with E-state index in [9.17, 15) is 4.79 Å². The summed E-state index contributed by atoms with van der Waals surface area (Å²) in [6.07, 6.45) is 1.65. The van der Waals surface area contributed by atoms with E-state index in [4.69, 9.17) is 4.52 Å². The van der Waals surface area contributed by atoms with Crippen molar-refractivity contribution in [2.75, 3.05) is 13.1 Å². The van der Waals surface area contributed by atoms with Gasteiger partial charge in [0, 0.05) is 13.3 Å². The Hall–Kier alpha value is -1.23. The average Bonchev–Trinajstić information content (AvgIpc) is 2.51. The molecule has 0 spiro atoms. The van der Waals surface area contributed by atoms with Gasteiger partial charge in [0.05, 0.1) is 13.1 Å². The van der Waals surface area contributed by atoms with E-state index in [0.29, 0.717) is 37.0 Å². The number of hydrogen-bond acceptors (Lipinski definition) is 5. The second-order valence-electron chi connectivity index (χ2n) is 3.58. The van der Waals surface area contributed by atoms with Gasteiger partial charge in [0.2, 0.25) is 5.89 Å². The molecule has 1 fully saturated rings. The first-order valence-electron chi connectivity index (χ1n) is 4.77. The molecule has 0 radical (unpaired) electrons. The van der Waals surface area contributed by atoms with Gasteiger partial charge in [-0.1, -0.05) is 5.16 Å². The molecule has 0 unspecified atom stereocenters. The first-order chi connectivity index (χ1) is 6.74. The number of hydrogen-bond donors (Lipinski definition) is 0. The Morgan fingerprint density at radius 3 is 3.07 bits per heavy atom. The number of aryl methyl sites for hydroxylation is 1. The summed E-state index contributed by atoms with van der Waals surface area (Å²) < 4.78 is 4.86. The molecule has 1 aromatic rings. The lowest BCUT2D eigenvalue weighted by Gasteiger charge is -2.23. The summed E-state index contributed by atoms with van der Waals surface area (Å²) >= 11 is 0. The maximum Gasteiger partial charge on any atom is 0.223 e. The van der Waals surface area contributed by atoms with Crippen molar-refractivity contribution in [3.05, 3.63) is 11.7 Å². The van der Waals surface area contributed by atoms with Crippen molar-refractivity contribution in [1.82, 2.24) is 15.0 Å². The maximum atomic E-state index is 11.2. The molecule has 1 aliphatic rings. The van der Waals surface area contributed by atoms with Gasteiger partial charge in [-0.05, 0) is 13.0 Å². The zero-order valence-electron chi connectivity index (χ0n) is 8.19. The number of ketones is 1. The molecule has 0 bridgehead atoms. The summed E-state index contributed by atoms with van der Waals surface area (Å²) in [6, 6.07) is 0. The quantitative estimate of drug-likeness (QED) is 0.689. The summed E-state index contributed by atoms with van der Waals surface area (Å²) in [5.41, 5.74) is 0. The highest BCUT2D eigenvalue weighted by atomic mass is 16.5. The molecule has 0 N–H and O–H groups in total. The molecule has 0 amide bonds. The fourth-order valence-corrected chi connectivity index (χ4v) is 1.65. The number of carbonyl (C=O) groups is 1. The fraction of sp³-hybridized carbons (Fsp3) is 0.667. The van der Waals surface area contributed by atoms with Crippen molar-refractivity contribution in [3.8, 4) is 0 Å². The maximum absolute atomic E-state index is 11.2. The number of aromatic nitrogens is 2. The average molecular weight is 195 g/mol. The molecule has 0 atom stereocenters. The van der Waals surface area contributed by atoms with Crippen LogP contribution in [0.25, 0.3) is 0 Å². The topological polar surface area (TPSA) is 59.2 Å². The number of nitrogens with zero attached hydrogens (tertiary/aromatic N) is 3. The highest BCUT2D eigenvalue weighted by Crippen LogP contribution is 2.08. The lowest BCUT2D eigenvalue weighted by molar-refractivity contribution is -0.122. The zero-order valence-corrected chi connectivity index (χ0v) is 8.19. The number of rotatable bonds is 2. The van der Waals surface area contributed by atoms with Crippen LogP contribution in [-0.2, 0) is 11.3 Å². The summed E-state index contributed by atoms with van der Waals surface area (Å²) in [5.74, 6) is 1.54. The van der Waals surface area contributed by atoms with Crippen LogP contribution >= 0.6 is 0 Å². The molecule has 0 aliphatic carbocycles. The Morgan fingerprint density at radius 2 is 2.43 bits per heavy atom. The summed E-state index contributed by atoms with van der Waals surface area (Å²) in [4.78, 5) is 17.3. The van der Waals surface area contributed by atoms with Crippen LogP contribution in [0.1, 0.15) is 24.6 Å². The molecule has 14 heavy (non-hydrogen) atoms. The Bertz CT molecular complexity index is 335. The van der Waals surface area contributed by atoms with E-state index in [1.807, 2.05) is 0 Å². The first-order valence-corrected chi connectivity index (χ1v) is 4.77. The lowest BCUT2D eigenvalue weighted by Crippen LogP contribution is -2.35. The molecule has 2 heterocycles. The minimum atomic E-state index is 0.302. The van der Waals surface area contributed by atoms with E-state index in [1.54, 1.807) is 6.92 Å². The van der Waals surface area contributed by atoms with E-state index in [2.05, 4.69) is 15.0 Å². The van der Waals surface area contributed by atoms with E-state index in [1.165, 1.54) is 0 Å². The van der Waals surface area contributed by atoms with Crippen LogP contribution in [0.2, 0.25) is 0 Å². The van der Waals surface area contributed by atoms with Crippen molar-refractivity contribution in [2.24, 2.45) is 0 Å². The van der Waals surface area contributed by atoms with Crippen LogP contribution in [-0.4, -0.2) is 33.9 Å². The van der Waals surface area contributed by atoms with Crippen LogP contribution < -0.4 is 0 Å². The summed E-state index contributed by atoms with van der Waals surface area (Å²) in [7, 11) is 0. The van der Waals surface area contributed by atoms with Gasteiger partial charge < -0.3 is 4.52 Å². The van der Waals surface area contributed by atoms with Crippen molar-refractivity contribution < 1.29 is 9.32 Å². The van der Waals surface area contributed by atoms with Gasteiger partial charge in [-0.2, -0.15) is 4.98 Å². The van der Waals surface area contributed by atoms with Gasteiger partial charge in [0.25, 0.3) is 0 Å². The van der Waals surface area contributed by atoms with Crippen LogP contribution in [0.5, 0.6) is 0 Å². The van der Waals surface area contributed by atoms with E-state index >= 15 is 0 Å². The lowest BCUT2D eigenvalue weighted by atomic mass is 10.1. The molecule has 1 aliphatic heterocycles. The number of Topliss-reactive ketones (excluding diaryl/α,β-unsaturated/α-hetero) is 1. The minimum absolute atomic E-state index is 0.302. The molecule has 5 heteroatoms. The molecule has 1 aromatic heterocycles. The van der Waals surface area contributed by atoms with Crippen LogP contribution in [0.4, 0.5) is 0 Å². The SMILES string of the molecule is Cc1nc(CN2CCCC(=O)C2)no1. The summed E-state index contributed by atoms with van der Waals surface area (Å²) in [6.45, 7) is 3.84. The van der Waals surface area contributed by atoms with Gasteiger partial charge >= 0.3 is 0 Å². The number of carbonyl (C=O) groups excluding carboxylic acids is 1. The van der Waals surface area contributed by atoms with E-state index in [-0.39, 0.29) is 0 Å². The predicted octanol–water partition coefficient (Wildman–Crippen LogP) is 0.543. The van der Waals surface area contributed by atoms with Crippen LogP contribution in [0, 0.1) is 6.92 Å². The fourth-order valence-electron chi connectivity index (χ4n) is 1.65. The third-order valence-corrected chi connectivity index (χ3v) is 2.26. The second-order valence-corrected chi connectivity index (χ2v) is 3.58. The molecular formula is C9H13N3O2. The molecule has 5 nitrogen and oxygen atoms in total. The highest BCUT2D eigenvalue weighted by Gasteiger charge is 2.18. The number of piperidine rings is 1. The van der Waals surface area contributed by atoms with Crippen molar-refractivity contribution in [1.29, 1.82) is 0 Å². The Morgan fingerprint density at radius 1 is 1.57 bits per heavy atom. The molecule has 2 rings (SSSR count). The third kappa shape index (κ3) is 2.17. The van der Waals surface area contributed by atoms with Crippen molar-refractivity contribution >= 4 is 5.78 Å². The van der Waals surface area contributed by atoms with Gasteiger partial charge in [-0.25, -0.2) is 0 Å². The van der Waals surface area contributed by atoms with Gasteiger partial charge in [-0.15, -0.1) is 0 Å². The molecular weight excluding hydrogens is 182 g/mol. The number of likely N-dealkylation sites (tertiary alicyclic amines) is 1. The normalized spacial score (nSPS) is 18.8. The standard InChI is InChI=1S/C9H13N3O2/c1-7-10-9(11-14-7)6-12-4-2-3-8(13)5-12/h2-6H2,1H3. The van der Waals surface area contributed by atoms with E-state index < -0.39 is 0 Å². The molecule has 1 saturated heterocycles. The third-order valence-electron chi connectivity index (χ3n) is 2.26. The smallest absolute Gasteiger partial charge is 0.223 e. The second kappa shape index (κ2) is 3.88. The Labute approximate surface area is 82.1 Å². The Balaban J connectivity index is 1.93. The Kier molecular flexibility index (Phi) is 2.58. The molecule has 0 saturated carbocycles. The summed E-state index contributed by atoms with van der Waals surface area (Å²) in [5, 5.41) is 3.80.